The predicted octanol–water partition coefficient (Wildman–Crippen LogP) is 3.97. The molecule has 0 spiro atoms. The molecule has 3 rings (SSSR count). The molecule has 0 saturated carbocycles. The average Bonchev–Trinajstić information content (AvgIpc) is 3.00. The first-order valence-electron chi connectivity index (χ1n) is 9.24. The first kappa shape index (κ1) is 20.8. The van der Waals surface area contributed by atoms with Gasteiger partial charge in [-0.3, -0.25) is 29.8 Å². The fourth-order valence-electron chi connectivity index (χ4n) is 3.08. The molecule has 0 fully saturated rings. The van der Waals surface area contributed by atoms with Crippen molar-refractivity contribution in [2.75, 3.05) is 12.0 Å². The van der Waals surface area contributed by atoms with Crippen LogP contribution in [0.2, 0.25) is 0 Å². The Morgan fingerprint density at radius 2 is 1.77 bits per heavy atom. The molecule has 3 aromatic rings. The number of hydrogen-bond donors (Lipinski definition) is 1. The van der Waals surface area contributed by atoms with Crippen molar-refractivity contribution in [2.45, 2.75) is 20.8 Å². The van der Waals surface area contributed by atoms with E-state index in [1.54, 1.807) is 57.2 Å². The van der Waals surface area contributed by atoms with Crippen LogP contribution in [-0.2, 0) is 0 Å². The Kier molecular flexibility index (Phi) is 5.96. The van der Waals surface area contributed by atoms with Crippen LogP contribution in [0.1, 0.15) is 37.7 Å². The lowest BCUT2D eigenvalue weighted by Crippen LogP contribution is -2.25. The molecule has 1 amide bonds. The van der Waals surface area contributed by atoms with Crippen molar-refractivity contribution in [1.82, 2.24) is 4.68 Å². The Morgan fingerprint density at radius 1 is 1.07 bits per heavy atom. The van der Waals surface area contributed by atoms with Gasteiger partial charge in [-0.05, 0) is 50.6 Å². The highest BCUT2D eigenvalue weighted by Crippen LogP contribution is 2.28. The number of ether oxygens (including phenoxy) is 1. The van der Waals surface area contributed by atoms with Crippen LogP contribution >= 0.6 is 0 Å². The van der Waals surface area contributed by atoms with Crippen LogP contribution in [0.25, 0.3) is 0 Å². The fourth-order valence-corrected chi connectivity index (χ4v) is 3.08. The second-order valence-electron chi connectivity index (χ2n) is 6.87. The van der Waals surface area contributed by atoms with Gasteiger partial charge in [0.25, 0.3) is 5.91 Å². The molecule has 0 bridgehead atoms. The van der Waals surface area contributed by atoms with Crippen LogP contribution in [-0.4, -0.2) is 27.9 Å². The minimum absolute atomic E-state index is 0.0412. The number of nitrogens with zero attached hydrogens (tertiary/aromatic N) is 2. The maximum absolute atomic E-state index is 12.7. The van der Waals surface area contributed by atoms with Crippen LogP contribution in [0.3, 0.4) is 0 Å². The van der Waals surface area contributed by atoms with E-state index in [0.29, 0.717) is 22.5 Å². The van der Waals surface area contributed by atoms with Gasteiger partial charge in [-0.25, -0.2) is 0 Å². The van der Waals surface area contributed by atoms with Gasteiger partial charge < -0.3 is 4.74 Å². The minimum Gasteiger partial charge on any atom is -0.478 e. The van der Waals surface area contributed by atoms with E-state index in [9.17, 15) is 19.7 Å². The third-order valence-electron chi connectivity index (χ3n) is 4.65. The van der Waals surface area contributed by atoms with E-state index in [1.165, 1.54) is 16.8 Å². The number of nitro groups is 1. The van der Waals surface area contributed by atoms with Gasteiger partial charge >= 0.3 is 5.69 Å². The number of amides is 1. The highest BCUT2D eigenvalue weighted by Gasteiger charge is 2.20. The van der Waals surface area contributed by atoms with E-state index in [0.717, 1.165) is 5.56 Å². The number of aryl methyl sites for hydroxylation is 2. The molecule has 30 heavy (non-hydrogen) atoms. The summed E-state index contributed by atoms with van der Waals surface area (Å²) in [5.74, 6) is -0.610. The molecule has 154 valence electrons. The summed E-state index contributed by atoms with van der Waals surface area (Å²) >= 11 is 0. The summed E-state index contributed by atoms with van der Waals surface area (Å²) in [5.41, 5.74) is 5.43. The molecule has 8 heteroatoms. The molecular weight excluding hydrogens is 386 g/mol. The third-order valence-corrected chi connectivity index (χ3v) is 4.65. The van der Waals surface area contributed by atoms with Crippen molar-refractivity contribution in [3.63, 3.8) is 0 Å². The Hall–Kier alpha value is -3.94. The summed E-state index contributed by atoms with van der Waals surface area (Å²) < 4.78 is 7.00. The lowest BCUT2D eigenvalue weighted by Gasteiger charge is -2.12. The van der Waals surface area contributed by atoms with Crippen molar-refractivity contribution in [3.8, 4) is 5.75 Å². The maximum atomic E-state index is 12.7. The van der Waals surface area contributed by atoms with Gasteiger partial charge in [0, 0.05) is 28.6 Å². The molecular formula is C22H21N3O5. The van der Waals surface area contributed by atoms with Crippen LogP contribution in [0.4, 0.5) is 5.69 Å². The zero-order valence-corrected chi connectivity index (χ0v) is 16.8. The molecule has 0 saturated heterocycles. The van der Waals surface area contributed by atoms with E-state index >= 15 is 0 Å². The number of rotatable bonds is 7. The Balaban J connectivity index is 1.77. The number of carbonyl (C=O) groups is 2. The highest BCUT2D eigenvalue weighted by atomic mass is 16.6. The number of nitrogens with one attached hydrogen (secondary N) is 1. The second-order valence-corrected chi connectivity index (χ2v) is 6.87. The van der Waals surface area contributed by atoms with Gasteiger partial charge in [0.1, 0.15) is 0 Å². The zero-order chi connectivity index (χ0) is 21.8. The number of carbonyl (C=O) groups excluding carboxylic acids is 2. The van der Waals surface area contributed by atoms with Crippen LogP contribution in [0.15, 0.2) is 54.6 Å². The molecule has 1 heterocycles. The molecule has 0 radical (unpaired) electrons. The molecule has 1 aromatic heterocycles. The topological polar surface area (TPSA) is 103 Å². The molecule has 0 atom stereocenters. The van der Waals surface area contributed by atoms with Gasteiger partial charge in [0.2, 0.25) is 5.78 Å². The maximum Gasteiger partial charge on any atom is 0.310 e. The van der Waals surface area contributed by atoms with E-state index in [4.69, 9.17) is 4.74 Å². The molecule has 2 aromatic carbocycles. The minimum atomic E-state index is -0.551. The lowest BCUT2D eigenvalue weighted by molar-refractivity contribution is -0.385. The van der Waals surface area contributed by atoms with Crippen LogP contribution < -0.4 is 10.2 Å². The number of ketones is 1. The van der Waals surface area contributed by atoms with Crippen molar-refractivity contribution in [2.24, 2.45) is 0 Å². The standard InChI is InChI=1S/C22H21N3O5/c1-14-9-10-19(25(28)29)21(11-14)30-13-20(26)18-12-15(2)24(16(18)3)23-22(27)17-7-5-4-6-8-17/h4-12H,13H2,1-3H3,(H,23,27). The number of hydrogen-bond acceptors (Lipinski definition) is 5. The van der Waals surface area contributed by atoms with Gasteiger partial charge in [-0.15, -0.1) is 0 Å². The summed E-state index contributed by atoms with van der Waals surface area (Å²) in [5, 5.41) is 11.2. The van der Waals surface area contributed by atoms with E-state index in [-0.39, 0.29) is 29.7 Å². The van der Waals surface area contributed by atoms with Gasteiger partial charge in [0.05, 0.1) is 4.92 Å². The number of Topliss-reactive ketones (excluding diaryl/α,β-unsaturated/α-hetero) is 1. The van der Waals surface area contributed by atoms with Gasteiger partial charge in [-0.1, -0.05) is 24.3 Å². The van der Waals surface area contributed by atoms with Crippen molar-refractivity contribution < 1.29 is 19.2 Å². The number of nitro benzene ring substituents is 1. The molecule has 8 nitrogen and oxygen atoms in total. The third kappa shape index (κ3) is 4.38. The predicted molar refractivity (Wildman–Crippen MR) is 112 cm³/mol. The number of aromatic nitrogens is 1. The summed E-state index contributed by atoms with van der Waals surface area (Å²) in [7, 11) is 0. The second kappa shape index (κ2) is 8.60. The van der Waals surface area contributed by atoms with Crippen LogP contribution in [0, 0.1) is 30.9 Å². The summed E-state index contributed by atoms with van der Waals surface area (Å²) in [6.07, 6.45) is 0. The SMILES string of the molecule is Cc1ccc([N+](=O)[O-])c(OCC(=O)c2cc(C)n(NC(=O)c3ccccc3)c2C)c1. The average molecular weight is 407 g/mol. The summed E-state index contributed by atoms with van der Waals surface area (Å²) in [6, 6.07) is 14.9. The smallest absolute Gasteiger partial charge is 0.310 e. The van der Waals surface area contributed by atoms with Crippen LogP contribution in [0.5, 0.6) is 5.75 Å². The van der Waals surface area contributed by atoms with Crippen molar-refractivity contribution in [1.29, 1.82) is 0 Å². The van der Waals surface area contributed by atoms with E-state index < -0.39 is 4.92 Å². The fraction of sp³-hybridized carbons (Fsp3) is 0.182. The molecule has 1 N–H and O–H groups in total. The van der Waals surface area contributed by atoms with Gasteiger partial charge in [-0.2, -0.15) is 0 Å². The first-order valence-corrected chi connectivity index (χ1v) is 9.24. The number of benzene rings is 2. The molecule has 0 unspecified atom stereocenters. The summed E-state index contributed by atoms with van der Waals surface area (Å²) in [6.45, 7) is 4.89. The molecule has 0 aliphatic carbocycles. The van der Waals surface area contributed by atoms with E-state index in [1.807, 2.05) is 6.07 Å². The Bertz CT molecular complexity index is 1120. The molecule has 0 aliphatic rings. The molecule has 0 aliphatic heterocycles. The monoisotopic (exact) mass is 407 g/mol. The van der Waals surface area contributed by atoms with Crippen molar-refractivity contribution >= 4 is 17.4 Å². The van der Waals surface area contributed by atoms with E-state index in [2.05, 4.69) is 5.43 Å². The normalized spacial score (nSPS) is 10.5. The Labute approximate surface area is 173 Å². The zero-order valence-electron chi connectivity index (χ0n) is 16.8. The Morgan fingerprint density at radius 3 is 2.43 bits per heavy atom. The van der Waals surface area contributed by atoms with Crippen molar-refractivity contribution in [3.05, 3.63) is 92.8 Å². The first-order chi connectivity index (χ1) is 14.3. The van der Waals surface area contributed by atoms with Gasteiger partial charge in [0.15, 0.2) is 12.4 Å². The summed E-state index contributed by atoms with van der Waals surface area (Å²) in [4.78, 5) is 35.8. The highest BCUT2D eigenvalue weighted by molar-refractivity contribution is 6.01. The quantitative estimate of drug-likeness (QED) is 0.363. The largest absolute Gasteiger partial charge is 0.478 e. The lowest BCUT2D eigenvalue weighted by atomic mass is 10.1.